The summed E-state index contributed by atoms with van der Waals surface area (Å²) in [6.07, 6.45) is 1.64. The zero-order chi connectivity index (χ0) is 17.3. The lowest BCUT2D eigenvalue weighted by Crippen LogP contribution is -2.07. The zero-order valence-electron chi connectivity index (χ0n) is 14.3. The Morgan fingerprint density at radius 1 is 1.21 bits per heavy atom. The summed E-state index contributed by atoms with van der Waals surface area (Å²) in [5.74, 6) is 0.459. The van der Waals surface area contributed by atoms with Gasteiger partial charge in [0, 0.05) is 29.7 Å². The molecule has 3 rings (SSSR count). The highest BCUT2D eigenvalue weighted by Gasteiger charge is 2.18. The lowest BCUT2D eigenvalue weighted by molar-refractivity contribution is 0.102. The van der Waals surface area contributed by atoms with E-state index in [1.54, 1.807) is 6.33 Å². The maximum Gasteiger partial charge on any atom is 0.191 e. The predicted octanol–water partition coefficient (Wildman–Crippen LogP) is 3.51. The van der Waals surface area contributed by atoms with Crippen molar-refractivity contribution < 1.29 is 4.79 Å². The summed E-state index contributed by atoms with van der Waals surface area (Å²) in [4.78, 5) is 12.7. The Morgan fingerprint density at radius 2 is 1.96 bits per heavy atom. The number of benzene rings is 1. The van der Waals surface area contributed by atoms with Gasteiger partial charge in [-0.1, -0.05) is 30.0 Å². The van der Waals surface area contributed by atoms with Crippen molar-refractivity contribution in [2.24, 2.45) is 7.05 Å². The molecule has 0 fully saturated rings. The van der Waals surface area contributed by atoms with Crippen LogP contribution in [0.25, 0.3) is 5.69 Å². The molecular formula is C18H20N4OS. The Bertz CT molecular complexity index is 894. The van der Waals surface area contributed by atoms with Crippen LogP contribution in [0, 0.1) is 20.8 Å². The molecule has 0 bridgehead atoms. The van der Waals surface area contributed by atoms with E-state index < -0.39 is 0 Å². The Kier molecular flexibility index (Phi) is 4.57. The van der Waals surface area contributed by atoms with Gasteiger partial charge in [0.15, 0.2) is 10.9 Å². The second-order valence-corrected chi connectivity index (χ2v) is 6.79. The molecule has 6 heteroatoms. The number of aryl methyl sites for hydroxylation is 3. The van der Waals surface area contributed by atoms with Crippen molar-refractivity contribution in [1.29, 1.82) is 0 Å². The van der Waals surface area contributed by atoms with Crippen LogP contribution in [0.2, 0.25) is 0 Å². The summed E-state index contributed by atoms with van der Waals surface area (Å²) in [6, 6.07) is 10.2. The van der Waals surface area contributed by atoms with Crippen LogP contribution < -0.4 is 0 Å². The summed E-state index contributed by atoms with van der Waals surface area (Å²) in [5, 5.41) is 8.58. The molecule has 0 atom stereocenters. The standard InChI is InChI=1S/C18H20N4OS/c1-12-7-5-6-8-16(12)22-13(2)9-15(14(22)3)17(23)10-24-18-20-19-11-21(18)4/h5-9,11H,10H2,1-4H3. The molecular weight excluding hydrogens is 320 g/mol. The maximum absolute atomic E-state index is 12.7. The van der Waals surface area contributed by atoms with Gasteiger partial charge < -0.3 is 9.13 Å². The number of carbonyl (C=O) groups excluding carboxylic acids is 1. The van der Waals surface area contributed by atoms with Crippen LogP contribution in [0.1, 0.15) is 27.3 Å². The first kappa shape index (κ1) is 16.5. The molecule has 0 aliphatic heterocycles. The fourth-order valence-electron chi connectivity index (χ4n) is 2.84. The van der Waals surface area contributed by atoms with E-state index in [9.17, 15) is 4.79 Å². The minimum Gasteiger partial charge on any atom is -0.318 e. The molecule has 1 aromatic carbocycles. The fraction of sp³-hybridized carbons (Fsp3) is 0.278. The Balaban J connectivity index is 1.87. The fourth-order valence-corrected chi connectivity index (χ4v) is 3.61. The Labute approximate surface area is 145 Å². The summed E-state index contributed by atoms with van der Waals surface area (Å²) in [6.45, 7) is 6.12. The first-order chi connectivity index (χ1) is 11.5. The number of nitrogens with zero attached hydrogens (tertiary/aromatic N) is 4. The van der Waals surface area contributed by atoms with E-state index in [0.717, 1.165) is 27.8 Å². The number of aromatic nitrogens is 4. The highest BCUT2D eigenvalue weighted by molar-refractivity contribution is 7.99. The van der Waals surface area contributed by atoms with E-state index in [1.807, 2.05) is 43.7 Å². The molecule has 5 nitrogen and oxygen atoms in total. The number of rotatable bonds is 5. The van der Waals surface area contributed by atoms with Crippen molar-refractivity contribution in [2.75, 3.05) is 5.75 Å². The molecule has 0 saturated heterocycles. The van der Waals surface area contributed by atoms with E-state index in [1.165, 1.54) is 17.3 Å². The minimum absolute atomic E-state index is 0.107. The van der Waals surface area contributed by atoms with Crippen LogP contribution in [0.15, 0.2) is 41.8 Å². The number of thioether (sulfide) groups is 1. The van der Waals surface area contributed by atoms with Crippen molar-refractivity contribution in [3.8, 4) is 5.69 Å². The summed E-state index contributed by atoms with van der Waals surface area (Å²) in [5.41, 5.74) is 5.11. The number of ketones is 1. The van der Waals surface area contributed by atoms with E-state index in [-0.39, 0.29) is 5.78 Å². The van der Waals surface area contributed by atoms with Gasteiger partial charge in [-0.3, -0.25) is 4.79 Å². The van der Waals surface area contributed by atoms with Crippen molar-refractivity contribution in [1.82, 2.24) is 19.3 Å². The van der Waals surface area contributed by atoms with Crippen LogP contribution in [0.3, 0.4) is 0 Å². The third-order valence-corrected chi connectivity index (χ3v) is 5.12. The molecule has 0 N–H and O–H groups in total. The molecule has 3 aromatic rings. The molecule has 124 valence electrons. The molecule has 2 aromatic heterocycles. The molecule has 0 spiro atoms. The Hall–Kier alpha value is -2.34. The van der Waals surface area contributed by atoms with Crippen LogP contribution >= 0.6 is 11.8 Å². The molecule has 0 aliphatic rings. The minimum atomic E-state index is 0.107. The average molecular weight is 340 g/mol. The number of hydrogen-bond acceptors (Lipinski definition) is 4. The quantitative estimate of drug-likeness (QED) is 0.527. The number of carbonyl (C=O) groups is 1. The van der Waals surface area contributed by atoms with Gasteiger partial charge in [0.1, 0.15) is 6.33 Å². The maximum atomic E-state index is 12.7. The van der Waals surface area contributed by atoms with Gasteiger partial charge in [-0.05, 0) is 38.5 Å². The SMILES string of the molecule is Cc1ccccc1-n1c(C)cc(C(=O)CSc2nncn2C)c1C. The monoisotopic (exact) mass is 340 g/mol. The van der Waals surface area contributed by atoms with Crippen molar-refractivity contribution >= 4 is 17.5 Å². The van der Waals surface area contributed by atoms with Crippen LogP contribution in [0.5, 0.6) is 0 Å². The molecule has 24 heavy (non-hydrogen) atoms. The van der Waals surface area contributed by atoms with Crippen LogP contribution in [-0.4, -0.2) is 30.9 Å². The summed E-state index contributed by atoms with van der Waals surface area (Å²) in [7, 11) is 1.87. The number of hydrogen-bond donors (Lipinski definition) is 0. The van der Waals surface area contributed by atoms with Gasteiger partial charge in [-0.2, -0.15) is 0 Å². The van der Waals surface area contributed by atoms with Gasteiger partial charge in [0.05, 0.1) is 5.75 Å². The molecule has 0 unspecified atom stereocenters. The highest BCUT2D eigenvalue weighted by Crippen LogP contribution is 2.25. The second kappa shape index (κ2) is 6.65. The number of para-hydroxylation sites is 1. The number of Topliss-reactive ketones (excluding diaryl/α,β-unsaturated/α-hetero) is 1. The van der Waals surface area contributed by atoms with Crippen LogP contribution in [-0.2, 0) is 7.05 Å². The highest BCUT2D eigenvalue weighted by atomic mass is 32.2. The van der Waals surface area contributed by atoms with Crippen LogP contribution in [0.4, 0.5) is 0 Å². The lowest BCUT2D eigenvalue weighted by Gasteiger charge is -2.12. The van der Waals surface area contributed by atoms with Crippen molar-refractivity contribution in [2.45, 2.75) is 25.9 Å². The third-order valence-electron chi connectivity index (χ3n) is 4.09. The molecule has 0 aliphatic carbocycles. The largest absolute Gasteiger partial charge is 0.318 e. The second-order valence-electron chi connectivity index (χ2n) is 5.84. The van der Waals surface area contributed by atoms with E-state index >= 15 is 0 Å². The van der Waals surface area contributed by atoms with Gasteiger partial charge in [-0.15, -0.1) is 10.2 Å². The topological polar surface area (TPSA) is 52.7 Å². The van der Waals surface area contributed by atoms with E-state index in [2.05, 4.69) is 33.8 Å². The zero-order valence-corrected chi connectivity index (χ0v) is 15.1. The van der Waals surface area contributed by atoms with E-state index in [4.69, 9.17) is 0 Å². The van der Waals surface area contributed by atoms with Gasteiger partial charge in [0.25, 0.3) is 0 Å². The van der Waals surface area contributed by atoms with Gasteiger partial charge >= 0.3 is 0 Å². The van der Waals surface area contributed by atoms with Crippen molar-refractivity contribution in [3.05, 3.63) is 59.2 Å². The predicted molar refractivity (Wildman–Crippen MR) is 96.0 cm³/mol. The van der Waals surface area contributed by atoms with Gasteiger partial charge in [0.2, 0.25) is 0 Å². The first-order valence-electron chi connectivity index (χ1n) is 7.74. The smallest absolute Gasteiger partial charge is 0.191 e. The van der Waals surface area contributed by atoms with Crippen molar-refractivity contribution in [3.63, 3.8) is 0 Å². The molecule has 0 radical (unpaired) electrons. The summed E-state index contributed by atoms with van der Waals surface area (Å²) < 4.78 is 3.96. The average Bonchev–Trinajstić information content (AvgIpc) is 3.09. The molecule has 2 heterocycles. The normalized spacial score (nSPS) is 11.0. The molecule has 0 saturated carbocycles. The first-order valence-corrected chi connectivity index (χ1v) is 8.72. The summed E-state index contributed by atoms with van der Waals surface area (Å²) >= 11 is 1.41. The third kappa shape index (κ3) is 3.01. The Morgan fingerprint density at radius 3 is 2.62 bits per heavy atom. The molecule has 0 amide bonds. The lowest BCUT2D eigenvalue weighted by atomic mass is 10.1. The van der Waals surface area contributed by atoms with Gasteiger partial charge in [-0.25, -0.2) is 0 Å². The van der Waals surface area contributed by atoms with E-state index in [0.29, 0.717) is 5.75 Å².